The van der Waals surface area contributed by atoms with Gasteiger partial charge < -0.3 is 15.3 Å². The maximum atomic E-state index is 11.8. The molecule has 19 heavy (non-hydrogen) atoms. The van der Waals surface area contributed by atoms with E-state index in [2.05, 4.69) is 5.32 Å². The van der Waals surface area contributed by atoms with Crippen molar-refractivity contribution in [3.8, 4) is 0 Å². The Labute approximate surface area is 113 Å². The van der Waals surface area contributed by atoms with Crippen LogP contribution in [-0.2, 0) is 4.79 Å². The van der Waals surface area contributed by atoms with Crippen molar-refractivity contribution in [1.29, 1.82) is 0 Å². The average molecular weight is 264 g/mol. The predicted octanol–water partition coefficient (Wildman–Crippen LogP) is 2.05. The van der Waals surface area contributed by atoms with Gasteiger partial charge in [-0.05, 0) is 31.5 Å². The van der Waals surface area contributed by atoms with Crippen LogP contribution < -0.4 is 5.32 Å². The molecule has 5 heteroatoms. The van der Waals surface area contributed by atoms with Gasteiger partial charge in [0.15, 0.2) is 0 Å². The minimum absolute atomic E-state index is 0.0424. The van der Waals surface area contributed by atoms with Crippen molar-refractivity contribution in [3.63, 3.8) is 0 Å². The summed E-state index contributed by atoms with van der Waals surface area (Å²) in [5.74, 6) is -0.855. The molecule has 0 saturated carbocycles. The van der Waals surface area contributed by atoms with Gasteiger partial charge in [-0.25, -0.2) is 0 Å². The zero-order valence-electron chi connectivity index (χ0n) is 11.5. The Morgan fingerprint density at radius 3 is 2.63 bits per heavy atom. The Morgan fingerprint density at radius 2 is 2.05 bits per heavy atom. The minimum atomic E-state index is -0.801. The molecule has 104 valence electrons. The summed E-state index contributed by atoms with van der Waals surface area (Å²) in [5, 5.41) is 11.8. The molecule has 1 aromatic rings. The van der Waals surface area contributed by atoms with Crippen molar-refractivity contribution >= 4 is 17.6 Å². The number of carboxylic acids is 1. The van der Waals surface area contributed by atoms with Crippen LogP contribution in [0.25, 0.3) is 0 Å². The van der Waals surface area contributed by atoms with Gasteiger partial charge in [-0.15, -0.1) is 0 Å². The standard InChI is InChI=1S/C14H20N2O3/c1-10(7-8-13(17)18)15-12-6-4-5-11(9-12)14(19)16(2)3/h4-6,9-10,15H,7-8H2,1-3H3,(H,17,18). The molecule has 5 nitrogen and oxygen atoms in total. The first kappa shape index (κ1) is 15.0. The van der Waals surface area contributed by atoms with Crippen molar-refractivity contribution in [1.82, 2.24) is 4.90 Å². The van der Waals surface area contributed by atoms with E-state index in [1.165, 1.54) is 4.90 Å². The third-order valence-corrected chi connectivity index (χ3v) is 2.72. The molecule has 0 radical (unpaired) electrons. The second-order valence-electron chi connectivity index (χ2n) is 4.76. The van der Waals surface area contributed by atoms with Crippen LogP contribution >= 0.6 is 0 Å². The monoisotopic (exact) mass is 264 g/mol. The van der Waals surface area contributed by atoms with Gasteiger partial charge in [0.2, 0.25) is 0 Å². The Morgan fingerprint density at radius 1 is 1.37 bits per heavy atom. The number of hydrogen-bond acceptors (Lipinski definition) is 3. The number of rotatable bonds is 6. The summed E-state index contributed by atoms with van der Waals surface area (Å²) in [6.07, 6.45) is 0.672. The fourth-order valence-corrected chi connectivity index (χ4v) is 1.70. The van der Waals surface area contributed by atoms with Gasteiger partial charge in [0.25, 0.3) is 5.91 Å². The smallest absolute Gasteiger partial charge is 0.303 e. The maximum absolute atomic E-state index is 11.8. The number of benzene rings is 1. The zero-order chi connectivity index (χ0) is 14.4. The molecule has 0 heterocycles. The van der Waals surface area contributed by atoms with Gasteiger partial charge in [0.1, 0.15) is 0 Å². The summed E-state index contributed by atoms with van der Waals surface area (Å²) >= 11 is 0. The van der Waals surface area contributed by atoms with E-state index in [0.29, 0.717) is 12.0 Å². The molecule has 0 fully saturated rings. The summed E-state index contributed by atoms with van der Waals surface area (Å²) in [5.41, 5.74) is 1.44. The van der Waals surface area contributed by atoms with E-state index < -0.39 is 5.97 Å². The molecule has 1 aromatic carbocycles. The van der Waals surface area contributed by atoms with Gasteiger partial charge in [-0.3, -0.25) is 9.59 Å². The fourth-order valence-electron chi connectivity index (χ4n) is 1.70. The topological polar surface area (TPSA) is 69.6 Å². The van der Waals surface area contributed by atoms with Crippen LogP contribution in [0.2, 0.25) is 0 Å². The molecular formula is C14H20N2O3. The quantitative estimate of drug-likeness (QED) is 0.825. The Balaban J connectivity index is 2.66. The van der Waals surface area contributed by atoms with E-state index >= 15 is 0 Å². The molecule has 0 spiro atoms. The fraction of sp³-hybridized carbons (Fsp3) is 0.429. The molecule has 0 aliphatic carbocycles. The number of carbonyl (C=O) groups excluding carboxylic acids is 1. The zero-order valence-corrected chi connectivity index (χ0v) is 11.5. The van der Waals surface area contributed by atoms with Gasteiger partial charge >= 0.3 is 5.97 Å². The summed E-state index contributed by atoms with van der Waals surface area (Å²) in [4.78, 5) is 23.8. The first-order valence-electron chi connectivity index (χ1n) is 6.20. The molecule has 2 N–H and O–H groups in total. The first-order valence-corrected chi connectivity index (χ1v) is 6.20. The van der Waals surface area contributed by atoms with Crippen LogP contribution in [0.15, 0.2) is 24.3 Å². The second-order valence-corrected chi connectivity index (χ2v) is 4.76. The van der Waals surface area contributed by atoms with Gasteiger partial charge in [-0.1, -0.05) is 6.07 Å². The number of nitrogens with one attached hydrogen (secondary N) is 1. The van der Waals surface area contributed by atoms with Crippen molar-refractivity contribution in [2.45, 2.75) is 25.8 Å². The summed E-state index contributed by atoms with van der Waals surface area (Å²) in [6.45, 7) is 1.92. The highest BCUT2D eigenvalue weighted by molar-refractivity contribution is 5.94. The van der Waals surface area contributed by atoms with E-state index in [1.54, 1.807) is 26.2 Å². The number of hydrogen-bond donors (Lipinski definition) is 2. The van der Waals surface area contributed by atoms with Crippen LogP contribution in [0.1, 0.15) is 30.1 Å². The van der Waals surface area contributed by atoms with Crippen molar-refractivity contribution in [3.05, 3.63) is 29.8 Å². The summed E-state index contributed by atoms with van der Waals surface area (Å²) < 4.78 is 0. The molecule has 0 bridgehead atoms. The number of amides is 1. The third kappa shape index (κ3) is 4.99. The number of anilines is 1. The van der Waals surface area contributed by atoms with Crippen molar-refractivity contribution in [2.24, 2.45) is 0 Å². The van der Waals surface area contributed by atoms with Crippen molar-refractivity contribution < 1.29 is 14.7 Å². The molecule has 1 unspecified atom stereocenters. The molecule has 0 aromatic heterocycles. The minimum Gasteiger partial charge on any atom is -0.481 e. The largest absolute Gasteiger partial charge is 0.481 e. The van der Waals surface area contributed by atoms with E-state index in [-0.39, 0.29) is 18.4 Å². The van der Waals surface area contributed by atoms with E-state index in [9.17, 15) is 9.59 Å². The van der Waals surface area contributed by atoms with E-state index in [4.69, 9.17) is 5.11 Å². The molecular weight excluding hydrogens is 244 g/mol. The Kier molecular flexibility index (Phi) is 5.36. The summed E-state index contributed by atoms with van der Waals surface area (Å²) in [6, 6.07) is 7.25. The highest BCUT2D eigenvalue weighted by atomic mass is 16.4. The SMILES string of the molecule is CC(CCC(=O)O)Nc1cccc(C(=O)N(C)C)c1. The van der Waals surface area contributed by atoms with Crippen LogP contribution in [0.4, 0.5) is 5.69 Å². The highest BCUT2D eigenvalue weighted by Gasteiger charge is 2.10. The Bertz CT molecular complexity index is 458. The number of carbonyl (C=O) groups is 2. The lowest BCUT2D eigenvalue weighted by molar-refractivity contribution is -0.137. The second kappa shape index (κ2) is 6.78. The lowest BCUT2D eigenvalue weighted by Gasteiger charge is -2.16. The number of nitrogens with zero attached hydrogens (tertiary/aromatic N) is 1. The van der Waals surface area contributed by atoms with Crippen LogP contribution in [-0.4, -0.2) is 42.0 Å². The van der Waals surface area contributed by atoms with Crippen LogP contribution in [0.3, 0.4) is 0 Å². The lowest BCUT2D eigenvalue weighted by Crippen LogP contribution is -2.22. The van der Waals surface area contributed by atoms with Crippen LogP contribution in [0.5, 0.6) is 0 Å². The normalized spacial score (nSPS) is 11.7. The van der Waals surface area contributed by atoms with Crippen LogP contribution in [0, 0.1) is 0 Å². The number of carboxylic acid groups (broad SMARTS) is 1. The van der Waals surface area contributed by atoms with Gasteiger partial charge in [0, 0.05) is 37.8 Å². The molecule has 1 rings (SSSR count). The van der Waals surface area contributed by atoms with E-state index in [0.717, 1.165) is 5.69 Å². The first-order chi connectivity index (χ1) is 8.90. The predicted molar refractivity (Wildman–Crippen MR) is 74.4 cm³/mol. The van der Waals surface area contributed by atoms with E-state index in [1.807, 2.05) is 19.1 Å². The maximum Gasteiger partial charge on any atom is 0.303 e. The molecule has 0 saturated heterocycles. The average Bonchev–Trinajstić information content (AvgIpc) is 2.35. The molecule has 0 aliphatic rings. The van der Waals surface area contributed by atoms with Crippen molar-refractivity contribution in [2.75, 3.05) is 19.4 Å². The molecule has 0 aliphatic heterocycles. The molecule has 1 atom stereocenters. The highest BCUT2D eigenvalue weighted by Crippen LogP contribution is 2.14. The summed E-state index contributed by atoms with van der Waals surface area (Å²) in [7, 11) is 3.41. The molecule has 1 amide bonds. The Hall–Kier alpha value is -2.04. The lowest BCUT2D eigenvalue weighted by atomic mass is 10.1. The third-order valence-electron chi connectivity index (χ3n) is 2.72. The number of aliphatic carboxylic acids is 1. The van der Waals surface area contributed by atoms with Gasteiger partial charge in [0.05, 0.1) is 0 Å². The van der Waals surface area contributed by atoms with Gasteiger partial charge in [-0.2, -0.15) is 0 Å².